The molecule has 2 rings (SSSR count). The van der Waals surface area contributed by atoms with E-state index in [0.29, 0.717) is 36.6 Å². The van der Waals surface area contributed by atoms with Gasteiger partial charge < -0.3 is 25.4 Å². The van der Waals surface area contributed by atoms with E-state index >= 15 is 0 Å². The number of amides is 2. The van der Waals surface area contributed by atoms with Gasteiger partial charge in [0.15, 0.2) is 18.1 Å². The number of nitrogens with zero attached hydrogens (tertiary/aromatic N) is 1. The summed E-state index contributed by atoms with van der Waals surface area (Å²) in [5.41, 5.74) is 6.18. The number of carbonyl (C=O) groups is 2. The largest absolute Gasteiger partial charge is 0.490 e. The molecule has 1 aliphatic heterocycles. The quantitative estimate of drug-likeness (QED) is 0.686. The van der Waals surface area contributed by atoms with Crippen molar-refractivity contribution in [2.75, 3.05) is 32.8 Å². The lowest BCUT2D eigenvalue weighted by molar-refractivity contribution is -0.134. The van der Waals surface area contributed by atoms with Crippen molar-refractivity contribution in [1.29, 1.82) is 0 Å². The van der Waals surface area contributed by atoms with Gasteiger partial charge in [-0.05, 0) is 57.7 Å². The Labute approximate surface area is 161 Å². The molecule has 150 valence electrons. The number of nitrogens with two attached hydrogens (primary N) is 1. The van der Waals surface area contributed by atoms with Crippen LogP contribution < -0.4 is 20.5 Å². The monoisotopic (exact) mass is 377 g/mol. The standard InChI is InChI=1S/C20H31N3O4/c1-3-26-18-13-16(20(25)22-10-9-15(2)21)7-8-17(18)27-14-19(24)23-11-5-4-6-12-23/h7-8,13,15H,3-6,9-12,14,21H2,1-2H3,(H,22,25). The van der Waals surface area contributed by atoms with E-state index in [1.54, 1.807) is 18.2 Å². The molecular formula is C20H31N3O4. The Kier molecular flexibility index (Phi) is 8.39. The van der Waals surface area contributed by atoms with E-state index in [1.165, 1.54) is 6.42 Å². The predicted octanol–water partition coefficient (Wildman–Crippen LogP) is 1.94. The summed E-state index contributed by atoms with van der Waals surface area (Å²) in [6, 6.07) is 5.03. The summed E-state index contributed by atoms with van der Waals surface area (Å²) in [5, 5.41) is 2.84. The Balaban J connectivity index is 1.97. The molecule has 1 atom stereocenters. The molecule has 0 radical (unpaired) electrons. The maximum atomic E-state index is 12.3. The highest BCUT2D eigenvalue weighted by atomic mass is 16.5. The van der Waals surface area contributed by atoms with Gasteiger partial charge in [0, 0.05) is 31.2 Å². The molecule has 3 N–H and O–H groups in total. The number of rotatable bonds is 9. The number of carbonyl (C=O) groups excluding carboxylic acids is 2. The molecule has 1 aliphatic rings. The highest BCUT2D eigenvalue weighted by Gasteiger charge is 2.18. The second-order valence-corrected chi connectivity index (χ2v) is 6.85. The first-order valence-electron chi connectivity index (χ1n) is 9.72. The molecule has 1 heterocycles. The molecule has 7 nitrogen and oxygen atoms in total. The van der Waals surface area contributed by atoms with E-state index in [2.05, 4.69) is 5.32 Å². The lowest BCUT2D eigenvalue weighted by Crippen LogP contribution is -2.38. The van der Waals surface area contributed by atoms with Crippen LogP contribution in [0.4, 0.5) is 0 Å². The third kappa shape index (κ3) is 6.75. The number of nitrogens with one attached hydrogen (secondary N) is 1. The van der Waals surface area contributed by atoms with Crippen LogP contribution in [0.1, 0.15) is 49.9 Å². The fourth-order valence-corrected chi connectivity index (χ4v) is 2.93. The van der Waals surface area contributed by atoms with Crippen molar-refractivity contribution < 1.29 is 19.1 Å². The average molecular weight is 377 g/mol. The van der Waals surface area contributed by atoms with Gasteiger partial charge in [-0.3, -0.25) is 9.59 Å². The highest BCUT2D eigenvalue weighted by Crippen LogP contribution is 2.28. The molecule has 1 unspecified atom stereocenters. The fraction of sp³-hybridized carbons (Fsp3) is 0.600. The van der Waals surface area contributed by atoms with Crippen molar-refractivity contribution in [2.45, 2.75) is 45.6 Å². The third-order valence-corrected chi connectivity index (χ3v) is 4.45. The Morgan fingerprint density at radius 1 is 1.19 bits per heavy atom. The third-order valence-electron chi connectivity index (χ3n) is 4.45. The summed E-state index contributed by atoms with van der Waals surface area (Å²) >= 11 is 0. The van der Waals surface area contributed by atoms with E-state index in [-0.39, 0.29) is 24.5 Å². The van der Waals surface area contributed by atoms with Gasteiger partial charge in [-0.2, -0.15) is 0 Å². The zero-order valence-corrected chi connectivity index (χ0v) is 16.3. The highest BCUT2D eigenvalue weighted by molar-refractivity contribution is 5.94. The molecule has 0 saturated carbocycles. The molecule has 7 heteroatoms. The molecule has 27 heavy (non-hydrogen) atoms. The lowest BCUT2D eigenvalue weighted by atomic mass is 10.1. The molecular weight excluding hydrogens is 346 g/mol. The Bertz CT molecular complexity index is 628. The molecule has 1 saturated heterocycles. The van der Waals surface area contributed by atoms with Crippen LogP contribution in [0.15, 0.2) is 18.2 Å². The lowest BCUT2D eigenvalue weighted by Gasteiger charge is -2.26. The Morgan fingerprint density at radius 2 is 1.93 bits per heavy atom. The summed E-state index contributed by atoms with van der Waals surface area (Å²) in [7, 11) is 0. The summed E-state index contributed by atoms with van der Waals surface area (Å²) < 4.78 is 11.3. The molecule has 0 bridgehead atoms. The molecule has 0 aromatic heterocycles. The Hall–Kier alpha value is -2.28. The van der Waals surface area contributed by atoms with E-state index in [0.717, 1.165) is 25.9 Å². The minimum Gasteiger partial charge on any atom is -0.490 e. The second-order valence-electron chi connectivity index (χ2n) is 6.85. The molecule has 1 fully saturated rings. The molecule has 1 aromatic rings. The van der Waals surface area contributed by atoms with Crippen LogP contribution in [0.3, 0.4) is 0 Å². The first kappa shape index (κ1) is 21.0. The first-order chi connectivity index (χ1) is 13.0. The Morgan fingerprint density at radius 3 is 2.59 bits per heavy atom. The van der Waals surface area contributed by atoms with Crippen molar-refractivity contribution in [1.82, 2.24) is 10.2 Å². The average Bonchev–Trinajstić information content (AvgIpc) is 2.67. The smallest absolute Gasteiger partial charge is 0.260 e. The van der Waals surface area contributed by atoms with Crippen LogP contribution in [-0.4, -0.2) is 55.6 Å². The van der Waals surface area contributed by atoms with Gasteiger partial charge in [0.1, 0.15) is 0 Å². The number of likely N-dealkylation sites (tertiary alicyclic amines) is 1. The summed E-state index contributed by atoms with van der Waals surface area (Å²) in [4.78, 5) is 26.4. The maximum Gasteiger partial charge on any atom is 0.260 e. The molecule has 0 spiro atoms. The van der Waals surface area contributed by atoms with Crippen molar-refractivity contribution in [3.8, 4) is 11.5 Å². The number of benzene rings is 1. The summed E-state index contributed by atoms with van der Waals surface area (Å²) in [5.74, 6) is 0.723. The van der Waals surface area contributed by atoms with Crippen molar-refractivity contribution in [3.63, 3.8) is 0 Å². The van der Waals surface area contributed by atoms with Crippen molar-refractivity contribution in [2.24, 2.45) is 5.73 Å². The van der Waals surface area contributed by atoms with Gasteiger partial charge in [-0.25, -0.2) is 0 Å². The summed E-state index contributed by atoms with van der Waals surface area (Å²) in [6.45, 7) is 6.27. The number of hydrogen-bond donors (Lipinski definition) is 2. The van der Waals surface area contributed by atoms with Crippen LogP contribution in [-0.2, 0) is 4.79 Å². The van der Waals surface area contributed by atoms with Crippen LogP contribution in [0.25, 0.3) is 0 Å². The van der Waals surface area contributed by atoms with Gasteiger partial charge in [-0.15, -0.1) is 0 Å². The minimum atomic E-state index is -0.187. The van der Waals surface area contributed by atoms with E-state index in [9.17, 15) is 9.59 Å². The normalized spacial score (nSPS) is 15.1. The number of hydrogen-bond acceptors (Lipinski definition) is 5. The van der Waals surface area contributed by atoms with Crippen LogP contribution in [0, 0.1) is 0 Å². The van der Waals surface area contributed by atoms with Crippen LogP contribution in [0.2, 0.25) is 0 Å². The van der Waals surface area contributed by atoms with E-state index in [1.807, 2.05) is 18.7 Å². The van der Waals surface area contributed by atoms with Gasteiger partial charge in [0.05, 0.1) is 6.61 Å². The van der Waals surface area contributed by atoms with Crippen LogP contribution in [0.5, 0.6) is 11.5 Å². The van der Waals surface area contributed by atoms with Crippen LogP contribution >= 0.6 is 0 Å². The predicted molar refractivity (Wildman–Crippen MR) is 104 cm³/mol. The van der Waals surface area contributed by atoms with Crippen molar-refractivity contribution in [3.05, 3.63) is 23.8 Å². The molecule has 2 amide bonds. The zero-order valence-electron chi connectivity index (χ0n) is 16.3. The van der Waals surface area contributed by atoms with Gasteiger partial charge in [0.2, 0.25) is 0 Å². The first-order valence-corrected chi connectivity index (χ1v) is 9.72. The number of ether oxygens (including phenoxy) is 2. The minimum absolute atomic E-state index is 0.0186. The number of piperidine rings is 1. The second kappa shape index (κ2) is 10.8. The van der Waals surface area contributed by atoms with E-state index in [4.69, 9.17) is 15.2 Å². The topological polar surface area (TPSA) is 93.9 Å². The van der Waals surface area contributed by atoms with Crippen molar-refractivity contribution >= 4 is 11.8 Å². The fourth-order valence-electron chi connectivity index (χ4n) is 2.93. The zero-order chi connectivity index (χ0) is 19.6. The summed E-state index contributed by atoms with van der Waals surface area (Å²) in [6.07, 6.45) is 3.97. The molecule has 0 aliphatic carbocycles. The maximum absolute atomic E-state index is 12.3. The van der Waals surface area contributed by atoms with E-state index < -0.39 is 0 Å². The van der Waals surface area contributed by atoms with Gasteiger partial charge in [0.25, 0.3) is 11.8 Å². The molecule has 1 aromatic carbocycles. The van der Waals surface area contributed by atoms with Gasteiger partial charge >= 0.3 is 0 Å². The SMILES string of the molecule is CCOc1cc(C(=O)NCCC(C)N)ccc1OCC(=O)N1CCCCC1. The van der Waals surface area contributed by atoms with Gasteiger partial charge in [-0.1, -0.05) is 0 Å².